The summed E-state index contributed by atoms with van der Waals surface area (Å²) in [6, 6.07) is 8.52. The number of anilines is 1. The molecule has 12 nitrogen and oxygen atoms in total. The molecule has 0 aromatic heterocycles. The van der Waals surface area contributed by atoms with Crippen LogP contribution in [0.1, 0.15) is 24.8 Å². The molecule has 0 atom stereocenters. The number of unbranched alkanes of at least 4 members (excludes halogenated alkanes) is 1. The minimum Gasteiger partial charge on any atom is -0.506 e. The lowest BCUT2D eigenvalue weighted by molar-refractivity contribution is -0.121. The van der Waals surface area contributed by atoms with Gasteiger partial charge in [0.25, 0.3) is 5.91 Å². The molecular formula is C22H27N3O9S2. The zero-order valence-corrected chi connectivity index (χ0v) is 21.1. The van der Waals surface area contributed by atoms with Gasteiger partial charge in [0.1, 0.15) is 23.8 Å². The van der Waals surface area contributed by atoms with E-state index in [4.69, 9.17) is 4.74 Å². The fourth-order valence-electron chi connectivity index (χ4n) is 3.57. The number of aryl methyl sites for hydroxylation is 1. The van der Waals surface area contributed by atoms with Gasteiger partial charge in [-0.05, 0) is 49.1 Å². The summed E-state index contributed by atoms with van der Waals surface area (Å²) in [5, 5.41) is 22.8. The van der Waals surface area contributed by atoms with E-state index in [9.17, 15) is 36.6 Å². The maximum atomic E-state index is 12.1. The highest BCUT2D eigenvalue weighted by atomic mass is 32.2. The van der Waals surface area contributed by atoms with Crippen molar-refractivity contribution in [3.05, 3.63) is 42.0 Å². The predicted molar refractivity (Wildman–Crippen MR) is 130 cm³/mol. The molecule has 196 valence electrons. The van der Waals surface area contributed by atoms with Crippen LogP contribution in [0.25, 0.3) is 0 Å². The zero-order chi connectivity index (χ0) is 26.5. The van der Waals surface area contributed by atoms with Crippen LogP contribution in [0.3, 0.4) is 0 Å². The van der Waals surface area contributed by atoms with Gasteiger partial charge in [-0.2, -0.15) is 8.42 Å². The first-order chi connectivity index (χ1) is 16.9. The molecule has 1 heterocycles. The van der Waals surface area contributed by atoms with Gasteiger partial charge in [-0.3, -0.25) is 9.59 Å². The van der Waals surface area contributed by atoms with E-state index >= 15 is 0 Å². The van der Waals surface area contributed by atoms with E-state index in [0.29, 0.717) is 31.4 Å². The van der Waals surface area contributed by atoms with Crippen LogP contribution in [0.2, 0.25) is 0 Å². The van der Waals surface area contributed by atoms with Crippen LogP contribution < -0.4 is 19.1 Å². The van der Waals surface area contributed by atoms with Crippen molar-refractivity contribution in [3.63, 3.8) is 0 Å². The number of hydrogen-bond acceptors (Lipinski definition) is 9. The van der Waals surface area contributed by atoms with E-state index in [1.54, 1.807) is 6.07 Å². The van der Waals surface area contributed by atoms with Crippen LogP contribution in [0.15, 0.2) is 41.3 Å². The predicted octanol–water partition coefficient (Wildman–Crippen LogP) is 0.590. The van der Waals surface area contributed by atoms with Crippen molar-refractivity contribution in [1.82, 2.24) is 10.0 Å². The summed E-state index contributed by atoms with van der Waals surface area (Å²) in [6.07, 6.45) is 2.53. The van der Waals surface area contributed by atoms with Gasteiger partial charge in [-0.1, -0.05) is 12.1 Å². The van der Waals surface area contributed by atoms with Crippen molar-refractivity contribution < 1.29 is 41.4 Å². The number of benzene rings is 2. The molecule has 1 aliphatic rings. The third-order valence-corrected chi connectivity index (χ3v) is 7.79. The molecule has 0 unspecified atom stereocenters. The third-order valence-electron chi connectivity index (χ3n) is 5.25. The quantitative estimate of drug-likeness (QED) is 0.296. The van der Waals surface area contributed by atoms with Gasteiger partial charge >= 0.3 is 10.2 Å². The number of phenolic OH excluding ortho intramolecular Hbond substituents is 2. The van der Waals surface area contributed by atoms with Crippen LogP contribution >= 0.6 is 0 Å². The lowest BCUT2D eigenvalue weighted by Gasteiger charge is -2.16. The Morgan fingerprint density at radius 2 is 1.92 bits per heavy atom. The van der Waals surface area contributed by atoms with Crippen molar-refractivity contribution in [2.75, 3.05) is 30.3 Å². The van der Waals surface area contributed by atoms with Crippen LogP contribution in [-0.4, -0.2) is 64.8 Å². The van der Waals surface area contributed by atoms with E-state index in [-0.39, 0.29) is 46.8 Å². The summed E-state index contributed by atoms with van der Waals surface area (Å²) in [4.78, 5) is 23.2. The molecule has 36 heavy (non-hydrogen) atoms. The summed E-state index contributed by atoms with van der Waals surface area (Å²) < 4.78 is 55.6. The number of amides is 2. The average Bonchev–Trinajstić information content (AvgIpc) is 3.05. The Hall–Kier alpha value is -3.52. The van der Waals surface area contributed by atoms with Crippen LogP contribution in [-0.2, 0) is 36.1 Å². The smallest absolute Gasteiger partial charge is 0.326 e. The van der Waals surface area contributed by atoms with Crippen molar-refractivity contribution in [1.29, 1.82) is 0 Å². The first kappa shape index (κ1) is 27.1. The van der Waals surface area contributed by atoms with E-state index in [0.717, 1.165) is 10.6 Å². The average molecular weight is 542 g/mol. The van der Waals surface area contributed by atoms with Crippen molar-refractivity contribution >= 4 is 37.5 Å². The maximum absolute atomic E-state index is 12.1. The normalized spacial score (nSPS) is 14.9. The molecule has 0 bridgehead atoms. The summed E-state index contributed by atoms with van der Waals surface area (Å²) in [7, 11) is -7.69. The molecule has 1 aliphatic heterocycles. The van der Waals surface area contributed by atoms with E-state index in [1.165, 1.54) is 30.3 Å². The number of aromatic hydroxyl groups is 2. The Labute approximate surface area is 209 Å². The molecule has 1 fully saturated rings. The van der Waals surface area contributed by atoms with Crippen LogP contribution in [0, 0.1) is 0 Å². The number of phenols is 2. The zero-order valence-electron chi connectivity index (χ0n) is 19.4. The number of carbonyl (C=O) groups excluding carboxylic acids is 2. The molecule has 3 rings (SSSR count). The standard InChI is InChI=1S/C22H27N3O9S2/c1-35(30,31)22-17(26)5-4-6-19(22)34-12-3-2-11-23-20(28)10-8-15-7-9-16(18(27)13-15)25-14-21(29)24-36(25,32)33/h4-7,9,13,26-27H,2-3,8,10-12,14H2,1H3,(H,23,28)(H,24,29). The Balaban J connectivity index is 1.40. The maximum Gasteiger partial charge on any atom is 0.326 e. The number of nitrogens with one attached hydrogen (secondary N) is 2. The molecule has 14 heteroatoms. The third kappa shape index (κ3) is 6.79. The number of rotatable bonds is 11. The Bertz CT molecular complexity index is 1360. The first-order valence-electron chi connectivity index (χ1n) is 11.0. The van der Waals surface area contributed by atoms with Crippen molar-refractivity contribution in [3.8, 4) is 17.2 Å². The van der Waals surface area contributed by atoms with Gasteiger partial charge in [0.05, 0.1) is 12.3 Å². The van der Waals surface area contributed by atoms with Crippen molar-refractivity contribution in [2.45, 2.75) is 30.6 Å². The topological polar surface area (TPSA) is 179 Å². The monoisotopic (exact) mass is 541 g/mol. The van der Waals surface area contributed by atoms with Gasteiger partial charge in [0.2, 0.25) is 5.91 Å². The lowest BCUT2D eigenvalue weighted by Crippen LogP contribution is -2.29. The van der Waals surface area contributed by atoms with E-state index in [1.807, 2.05) is 4.72 Å². The highest BCUT2D eigenvalue weighted by Crippen LogP contribution is 2.33. The van der Waals surface area contributed by atoms with E-state index < -0.39 is 32.5 Å². The van der Waals surface area contributed by atoms with Gasteiger partial charge in [-0.15, -0.1) is 0 Å². The highest BCUT2D eigenvalue weighted by molar-refractivity contribution is 7.92. The van der Waals surface area contributed by atoms with Gasteiger partial charge in [0, 0.05) is 19.2 Å². The fourth-order valence-corrected chi connectivity index (χ4v) is 5.67. The van der Waals surface area contributed by atoms with Crippen LogP contribution in [0.4, 0.5) is 5.69 Å². The second kappa shape index (κ2) is 11.0. The number of ether oxygens (including phenoxy) is 1. The van der Waals surface area contributed by atoms with Crippen LogP contribution in [0.5, 0.6) is 17.2 Å². The molecule has 4 N–H and O–H groups in total. The summed E-state index contributed by atoms with van der Waals surface area (Å²) in [5.74, 6) is -1.54. The number of nitrogens with zero attached hydrogens (tertiary/aromatic N) is 1. The first-order valence-corrected chi connectivity index (χ1v) is 14.3. The Morgan fingerprint density at radius 1 is 1.17 bits per heavy atom. The van der Waals surface area contributed by atoms with E-state index in [2.05, 4.69) is 5.32 Å². The molecule has 2 aromatic carbocycles. The SMILES string of the molecule is CS(=O)(=O)c1c(O)cccc1OCCCCNC(=O)CCc1ccc(N2CC(=O)NS2(=O)=O)c(O)c1. The van der Waals surface area contributed by atoms with Crippen molar-refractivity contribution in [2.24, 2.45) is 0 Å². The molecule has 0 aliphatic carbocycles. The molecule has 2 amide bonds. The summed E-state index contributed by atoms with van der Waals surface area (Å²) >= 11 is 0. The Morgan fingerprint density at radius 3 is 2.56 bits per heavy atom. The molecule has 1 saturated heterocycles. The summed E-state index contributed by atoms with van der Waals surface area (Å²) in [5.41, 5.74) is 0.585. The molecule has 0 spiro atoms. The number of carbonyl (C=O) groups is 2. The van der Waals surface area contributed by atoms with Gasteiger partial charge < -0.3 is 20.3 Å². The van der Waals surface area contributed by atoms with Gasteiger partial charge in [0.15, 0.2) is 14.7 Å². The summed E-state index contributed by atoms with van der Waals surface area (Å²) in [6.45, 7) is 0.149. The lowest BCUT2D eigenvalue weighted by atomic mass is 10.1. The number of sulfone groups is 1. The highest BCUT2D eigenvalue weighted by Gasteiger charge is 2.35. The number of hydrogen-bond donors (Lipinski definition) is 4. The second-order valence-corrected chi connectivity index (χ2v) is 11.7. The minimum absolute atomic E-state index is 0.0295. The molecular weight excluding hydrogens is 514 g/mol. The fraction of sp³-hybridized carbons (Fsp3) is 0.364. The largest absolute Gasteiger partial charge is 0.506 e. The molecule has 0 saturated carbocycles. The molecule has 2 aromatic rings. The second-order valence-electron chi connectivity index (χ2n) is 8.14. The minimum atomic E-state index is -4.03. The van der Waals surface area contributed by atoms with Gasteiger partial charge in [-0.25, -0.2) is 17.4 Å². The Kier molecular flexibility index (Phi) is 8.30. The molecule has 0 radical (unpaired) electrons.